The van der Waals surface area contributed by atoms with Crippen molar-refractivity contribution in [3.05, 3.63) is 16.3 Å². The summed E-state index contributed by atoms with van der Waals surface area (Å²) >= 11 is 0. The molecular formula is C5H7ClF2N4O2. The number of hydrogen-bond donors (Lipinski definition) is 2. The molecule has 1 aromatic rings. The zero-order valence-corrected chi connectivity index (χ0v) is 7.55. The molecule has 1 rings (SSSR count). The van der Waals surface area contributed by atoms with Gasteiger partial charge in [0.2, 0.25) is 0 Å². The van der Waals surface area contributed by atoms with E-state index in [9.17, 15) is 18.9 Å². The van der Waals surface area contributed by atoms with Crippen LogP contribution in [0, 0.1) is 10.1 Å². The summed E-state index contributed by atoms with van der Waals surface area (Å²) in [5, 5.41) is 17.8. The average Bonchev–Trinajstić information content (AvgIpc) is 2.47. The van der Waals surface area contributed by atoms with Crippen LogP contribution in [0.1, 0.15) is 0 Å². The van der Waals surface area contributed by atoms with Gasteiger partial charge in [-0.3, -0.25) is 0 Å². The summed E-state index contributed by atoms with van der Waals surface area (Å²) in [6.07, 6.45) is -1.48. The Hall–Kier alpha value is -1.44. The van der Waals surface area contributed by atoms with Crippen molar-refractivity contribution in [2.75, 3.05) is 11.9 Å². The van der Waals surface area contributed by atoms with E-state index in [-0.39, 0.29) is 18.1 Å². The number of aromatic amines is 1. The van der Waals surface area contributed by atoms with Gasteiger partial charge in [0.05, 0.1) is 6.54 Å². The number of alkyl halides is 2. The molecule has 2 N–H and O–H groups in total. The number of nitro groups is 1. The Kier molecular flexibility index (Phi) is 4.78. The molecule has 0 aliphatic carbocycles. The van der Waals surface area contributed by atoms with Crippen LogP contribution in [0.4, 0.5) is 20.3 Å². The molecule has 0 saturated heterocycles. The Morgan fingerprint density at radius 1 is 1.71 bits per heavy atom. The van der Waals surface area contributed by atoms with E-state index >= 15 is 0 Å². The van der Waals surface area contributed by atoms with Gasteiger partial charge in [-0.1, -0.05) is 5.10 Å². The molecule has 0 bridgehead atoms. The van der Waals surface area contributed by atoms with E-state index in [1.165, 1.54) is 0 Å². The molecule has 6 nitrogen and oxygen atoms in total. The number of nitrogens with one attached hydrogen (secondary N) is 2. The molecular weight excluding hydrogens is 222 g/mol. The van der Waals surface area contributed by atoms with Gasteiger partial charge < -0.3 is 15.4 Å². The first kappa shape index (κ1) is 12.6. The van der Waals surface area contributed by atoms with E-state index in [2.05, 4.69) is 15.5 Å². The lowest BCUT2D eigenvalue weighted by Gasteiger charge is -2.01. The molecule has 14 heavy (non-hydrogen) atoms. The fourth-order valence-corrected chi connectivity index (χ4v) is 0.735. The maximum absolute atomic E-state index is 11.7. The molecule has 0 aromatic carbocycles. The van der Waals surface area contributed by atoms with Gasteiger partial charge in [0, 0.05) is 0 Å². The molecule has 0 aliphatic rings. The largest absolute Gasteiger partial charge is 0.371 e. The molecule has 0 fully saturated rings. The topological polar surface area (TPSA) is 83.8 Å². The fraction of sp³-hybridized carbons (Fsp3) is 0.400. The van der Waals surface area contributed by atoms with Crippen LogP contribution in [0.15, 0.2) is 6.20 Å². The normalized spacial score (nSPS) is 9.64. The minimum atomic E-state index is -2.56. The van der Waals surface area contributed by atoms with Gasteiger partial charge in [0.25, 0.3) is 6.43 Å². The number of H-pyrrole nitrogens is 1. The quantitative estimate of drug-likeness (QED) is 0.603. The van der Waals surface area contributed by atoms with Crippen molar-refractivity contribution in [1.29, 1.82) is 0 Å². The second kappa shape index (κ2) is 5.32. The first-order chi connectivity index (χ1) is 6.11. The maximum atomic E-state index is 11.7. The van der Waals surface area contributed by atoms with Gasteiger partial charge in [-0.2, -0.15) is 0 Å². The van der Waals surface area contributed by atoms with Gasteiger partial charge in [0.15, 0.2) is 5.69 Å². The summed E-state index contributed by atoms with van der Waals surface area (Å²) in [7, 11) is 0. The first-order valence-corrected chi connectivity index (χ1v) is 3.31. The second-order valence-electron chi connectivity index (χ2n) is 2.16. The lowest BCUT2D eigenvalue weighted by atomic mass is 10.5. The highest BCUT2D eigenvalue weighted by Gasteiger charge is 2.15. The Morgan fingerprint density at radius 3 is 2.86 bits per heavy atom. The van der Waals surface area contributed by atoms with Crippen LogP contribution in [-0.4, -0.2) is 28.1 Å². The minimum Gasteiger partial charge on any atom is -0.371 e. The van der Waals surface area contributed by atoms with Crippen LogP contribution in [0.5, 0.6) is 0 Å². The summed E-state index contributed by atoms with van der Waals surface area (Å²) < 4.78 is 23.4. The molecule has 0 unspecified atom stereocenters. The summed E-state index contributed by atoms with van der Waals surface area (Å²) in [5.74, 6) is -0.416. The molecule has 1 aromatic heterocycles. The van der Waals surface area contributed by atoms with Crippen LogP contribution >= 0.6 is 12.4 Å². The predicted octanol–water partition coefficient (Wildman–Crippen LogP) is 1.42. The van der Waals surface area contributed by atoms with Crippen molar-refractivity contribution in [2.24, 2.45) is 0 Å². The van der Waals surface area contributed by atoms with Crippen molar-refractivity contribution >= 4 is 23.9 Å². The molecule has 0 atom stereocenters. The van der Waals surface area contributed by atoms with E-state index < -0.39 is 23.7 Å². The zero-order valence-electron chi connectivity index (χ0n) is 6.74. The van der Waals surface area contributed by atoms with Crippen LogP contribution in [0.3, 0.4) is 0 Å². The van der Waals surface area contributed by atoms with Crippen LogP contribution in [0.25, 0.3) is 0 Å². The predicted molar refractivity (Wildman–Crippen MR) is 47.0 cm³/mol. The van der Waals surface area contributed by atoms with Gasteiger partial charge in [0.1, 0.15) is 6.20 Å². The molecule has 0 amide bonds. The Morgan fingerprint density at radius 2 is 2.36 bits per heavy atom. The molecule has 1 heterocycles. The third-order valence-corrected chi connectivity index (χ3v) is 1.25. The van der Waals surface area contributed by atoms with Crippen LogP contribution in [0.2, 0.25) is 0 Å². The summed E-state index contributed by atoms with van der Waals surface area (Å²) in [5.41, 5.74) is -0.0368. The standard InChI is InChI=1S/C5H6F2N4O2.ClH/c6-4(7)2-8-3-1-9-10-5(3)11(12)13;/h1,4,8H,2H2,(H,9,10);1H. The third-order valence-electron chi connectivity index (χ3n) is 1.25. The van der Waals surface area contributed by atoms with Gasteiger partial charge in [-0.25, -0.2) is 8.78 Å². The second-order valence-corrected chi connectivity index (χ2v) is 2.16. The highest BCUT2D eigenvalue weighted by molar-refractivity contribution is 5.85. The number of aromatic nitrogens is 2. The number of anilines is 1. The van der Waals surface area contributed by atoms with Crippen LogP contribution < -0.4 is 5.32 Å². The lowest BCUT2D eigenvalue weighted by molar-refractivity contribution is -0.388. The van der Waals surface area contributed by atoms with Crippen molar-refractivity contribution in [1.82, 2.24) is 10.2 Å². The zero-order chi connectivity index (χ0) is 9.84. The minimum absolute atomic E-state index is 0. The molecule has 0 aliphatic heterocycles. The van der Waals surface area contributed by atoms with Crippen molar-refractivity contribution in [3.63, 3.8) is 0 Å². The number of nitrogens with zero attached hydrogens (tertiary/aromatic N) is 2. The van der Waals surface area contributed by atoms with Crippen LogP contribution in [-0.2, 0) is 0 Å². The fourth-order valence-electron chi connectivity index (χ4n) is 0.735. The highest BCUT2D eigenvalue weighted by atomic mass is 35.5. The SMILES string of the molecule is Cl.O=[N+]([O-])c1[nH]ncc1NCC(F)F. The summed E-state index contributed by atoms with van der Waals surface area (Å²) in [6.45, 7) is -0.639. The summed E-state index contributed by atoms with van der Waals surface area (Å²) in [4.78, 5) is 9.50. The molecule has 9 heteroatoms. The van der Waals surface area contributed by atoms with Crippen molar-refractivity contribution in [2.45, 2.75) is 6.43 Å². The van der Waals surface area contributed by atoms with Crippen molar-refractivity contribution < 1.29 is 13.7 Å². The molecule has 0 radical (unpaired) electrons. The monoisotopic (exact) mass is 228 g/mol. The van der Waals surface area contributed by atoms with E-state index in [1.807, 2.05) is 0 Å². The van der Waals surface area contributed by atoms with Gasteiger partial charge in [-0.05, 0) is 4.92 Å². The van der Waals surface area contributed by atoms with E-state index in [0.29, 0.717) is 0 Å². The van der Waals surface area contributed by atoms with Crippen molar-refractivity contribution in [3.8, 4) is 0 Å². The first-order valence-electron chi connectivity index (χ1n) is 3.31. The average molecular weight is 229 g/mol. The van der Waals surface area contributed by atoms with Gasteiger partial charge in [-0.15, -0.1) is 17.5 Å². The summed E-state index contributed by atoms with van der Waals surface area (Å²) in [6, 6.07) is 0. The Bertz CT molecular complexity index is 306. The van der Waals surface area contributed by atoms with E-state index in [1.54, 1.807) is 0 Å². The number of halogens is 3. The van der Waals surface area contributed by atoms with E-state index in [0.717, 1.165) is 6.20 Å². The smallest absolute Gasteiger partial charge is 0.366 e. The third kappa shape index (κ3) is 3.13. The molecule has 0 spiro atoms. The molecule has 80 valence electrons. The van der Waals surface area contributed by atoms with Gasteiger partial charge >= 0.3 is 5.82 Å². The number of hydrogen-bond acceptors (Lipinski definition) is 4. The Labute approximate surface area is 83.2 Å². The maximum Gasteiger partial charge on any atom is 0.366 e. The highest BCUT2D eigenvalue weighted by Crippen LogP contribution is 2.19. The Balaban J connectivity index is 0.00000169. The molecule has 0 saturated carbocycles. The lowest BCUT2D eigenvalue weighted by Crippen LogP contribution is -2.10. The van der Waals surface area contributed by atoms with E-state index in [4.69, 9.17) is 0 Å². The number of rotatable bonds is 4.